The first kappa shape index (κ1) is 44.8. The zero-order chi connectivity index (χ0) is 40.2. The number of methoxy groups -OCH3 is 1. The summed E-state index contributed by atoms with van der Waals surface area (Å²) in [6, 6.07) is 11.8. The molecule has 0 saturated heterocycles. The van der Waals surface area contributed by atoms with Gasteiger partial charge < -0.3 is 30.0 Å². The molecule has 2 aromatic carbocycles. The van der Waals surface area contributed by atoms with Crippen molar-refractivity contribution in [3.05, 3.63) is 76.3 Å². The number of carbonyl (C=O) groups excluding carboxylic acids is 4. The predicted octanol–water partition coefficient (Wildman–Crippen LogP) is 6.17. The van der Waals surface area contributed by atoms with Crippen molar-refractivity contribution < 1.29 is 38.5 Å². The van der Waals surface area contributed by atoms with Crippen molar-refractivity contribution in [1.82, 2.24) is 15.5 Å². The van der Waals surface area contributed by atoms with Crippen molar-refractivity contribution in [2.45, 2.75) is 104 Å². The summed E-state index contributed by atoms with van der Waals surface area (Å²) in [6.07, 6.45) is -0.322. The maximum absolute atomic E-state index is 13.7. The molecule has 0 bridgehead atoms. The number of cyclic esters (lactones) is 2. The van der Waals surface area contributed by atoms with Gasteiger partial charge in [-0.15, -0.1) is 11.6 Å². The Morgan fingerprint density at radius 2 is 1.65 bits per heavy atom. The van der Waals surface area contributed by atoms with E-state index in [0.29, 0.717) is 21.9 Å². The average molecular weight is 791 g/mol. The lowest BCUT2D eigenvalue weighted by molar-refractivity contribution is -0.180. The summed E-state index contributed by atoms with van der Waals surface area (Å²) in [5.41, 5.74) is 1.23. The summed E-state index contributed by atoms with van der Waals surface area (Å²) < 4.78 is 17.0. The number of aliphatic hydroxyl groups excluding tert-OH is 1. The molecular weight excluding hydrogens is 733 g/mol. The zero-order valence-corrected chi connectivity index (χ0v) is 34.2. The van der Waals surface area contributed by atoms with Gasteiger partial charge >= 0.3 is 11.9 Å². The molecule has 1 aliphatic rings. The highest BCUT2D eigenvalue weighted by molar-refractivity contribution is 6.32. The maximum Gasteiger partial charge on any atom is 0.347 e. The standard InChI is InChI=1S/C41H57Cl2N3O8/c1-9-46(10-2)23-27-14-17-29(18-15-27)36(43)37(48)26(5)32-12-11-13-35(47)45-31(22-28-16-19-33(52-8)30(42)21-28)38(49)44-24-41(6,7)40(51)54-34(20-25(3)4)39(50)53-32/h11,13-19,21,25-26,31-32,34,36-37,48H,9-10,12,20,22-24H2,1-8H3,(H,44,49)(H,45,47)/b13-11+/t26-,31+,32-,34-,36-,37+/m0/s1. The second-order valence-corrected chi connectivity index (χ2v) is 15.8. The Balaban J connectivity index is 1.93. The van der Waals surface area contributed by atoms with Crippen LogP contribution >= 0.6 is 23.2 Å². The van der Waals surface area contributed by atoms with E-state index in [1.54, 1.807) is 39.0 Å². The molecule has 1 heterocycles. The first-order valence-electron chi connectivity index (χ1n) is 18.6. The minimum Gasteiger partial charge on any atom is -0.495 e. The van der Waals surface area contributed by atoms with E-state index in [9.17, 15) is 24.3 Å². The Bertz CT molecular complexity index is 1600. The molecule has 3 rings (SSSR count). The largest absolute Gasteiger partial charge is 0.495 e. The normalized spacial score (nSPS) is 22.4. The lowest BCUT2D eigenvalue weighted by Crippen LogP contribution is -2.51. The van der Waals surface area contributed by atoms with E-state index in [2.05, 4.69) is 29.4 Å². The molecule has 11 nitrogen and oxygen atoms in total. The number of ether oxygens (including phenoxy) is 3. The van der Waals surface area contributed by atoms with Crippen LogP contribution in [-0.2, 0) is 41.6 Å². The number of benzene rings is 2. The van der Waals surface area contributed by atoms with Crippen molar-refractivity contribution in [3.8, 4) is 5.75 Å². The number of alkyl halides is 1. The first-order valence-corrected chi connectivity index (χ1v) is 19.4. The van der Waals surface area contributed by atoms with Crippen LogP contribution in [0.25, 0.3) is 0 Å². The maximum atomic E-state index is 13.7. The molecule has 0 unspecified atom stereocenters. The summed E-state index contributed by atoms with van der Waals surface area (Å²) >= 11 is 13.2. The summed E-state index contributed by atoms with van der Waals surface area (Å²) in [4.78, 5) is 56.4. The Labute approximate surface area is 330 Å². The van der Waals surface area contributed by atoms with E-state index in [-0.39, 0.29) is 31.7 Å². The Kier molecular flexibility index (Phi) is 17.3. The number of esters is 2. The number of rotatable bonds is 13. The minimum absolute atomic E-state index is 0.0165. The SMILES string of the molecule is CCN(CC)Cc1ccc([C@H](Cl)[C@H](O)[C@@H](C)[C@@H]2C/C=C/C(=O)N[C@H](Cc3ccc(OC)c(Cl)c3)C(=O)NCC(C)(C)C(=O)O[C@@H](CC(C)C)C(=O)O2)cc1. The molecule has 0 aliphatic carbocycles. The Hall–Kier alpha value is -3.64. The Morgan fingerprint density at radius 3 is 2.24 bits per heavy atom. The molecule has 0 spiro atoms. The quantitative estimate of drug-likeness (QED) is 0.161. The van der Waals surface area contributed by atoms with Crippen LogP contribution in [0.5, 0.6) is 5.75 Å². The molecule has 54 heavy (non-hydrogen) atoms. The highest BCUT2D eigenvalue weighted by atomic mass is 35.5. The lowest BCUT2D eigenvalue weighted by atomic mass is 9.90. The number of halogens is 2. The van der Waals surface area contributed by atoms with Crippen molar-refractivity contribution >= 4 is 47.0 Å². The molecule has 3 N–H and O–H groups in total. The number of hydrogen-bond acceptors (Lipinski definition) is 9. The van der Waals surface area contributed by atoms with Crippen LogP contribution in [-0.4, -0.2) is 84.9 Å². The third-order valence-corrected chi connectivity index (χ3v) is 10.5. The topological polar surface area (TPSA) is 144 Å². The van der Waals surface area contributed by atoms with E-state index in [0.717, 1.165) is 25.2 Å². The van der Waals surface area contributed by atoms with E-state index in [1.807, 2.05) is 38.1 Å². The van der Waals surface area contributed by atoms with Gasteiger partial charge in [-0.3, -0.25) is 19.3 Å². The number of hydrogen-bond donors (Lipinski definition) is 3. The monoisotopic (exact) mass is 789 g/mol. The van der Waals surface area contributed by atoms with Crippen LogP contribution in [0.15, 0.2) is 54.6 Å². The van der Waals surface area contributed by atoms with Gasteiger partial charge in [0.15, 0.2) is 6.10 Å². The number of nitrogens with zero attached hydrogens (tertiary/aromatic N) is 1. The molecule has 0 aromatic heterocycles. The highest BCUT2D eigenvalue weighted by Crippen LogP contribution is 2.33. The summed E-state index contributed by atoms with van der Waals surface area (Å²) in [5, 5.41) is 16.6. The molecule has 298 valence electrons. The van der Waals surface area contributed by atoms with Crippen LogP contribution in [0, 0.1) is 17.3 Å². The van der Waals surface area contributed by atoms with E-state index in [4.69, 9.17) is 37.4 Å². The van der Waals surface area contributed by atoms with Crippen LogP contribution < -0.4 is 15.4 Å². The van der Waals surface area contributed by atoms with E-state index in [1.165, 1.54) is 19.3 Å². The van der Waals surface area contributed by atoms with Gasteiger partial charge in [-0.1, -0.05) is 82.6 Å². The van der Waals surface area contributed by atoms with Gasteiger partial charge in [0.1, 0.15) is 17.9 Å². The molecule has 0 fully saturated rings. The molecule has 0 radical (unpaired) electrons. The predicted molar refractivity (Wildman–Crippen MR) is 210 cm³/mol. The van der Waals surface area contributed by atoms with Gasteiger partial charge in [0.2, 0.25) is 11.8 Å². The summed E-state index contributed by atoms with van der Waals surface area (Å²) in [6.45, 7) is 15.4. The molecule has 2 amide bonds. The average Bonchev–Trinajstić information content (AvgIpc) is 3.13. The lowest BCUT2D eigenvalue weighted by Gasteiger charge is -2.32. The van der Waals surface area contributed by atoms with Gasteiger partial charge in [0, 0.05) is 31.8 Å². The van der Waals surface area contributed by atoms with E-state index >= 15 is 0 Å². The van der Waals surface area contributed by atoms with Gasteiger partial charge in [0.25, 0.3) is 0 Å². The molecular formula is C41H57Cl2N3O8. The smallest absolute Gasteiger partial charge is 0.347 e. The van der Waals surface area contributed by atoms with Crippen molar-refractivity contribution in [1.29, 1.82) is 0 Å². The van der Waals surface area contributed by atoms with Crippen LogP contribution in [0.2, 0.25) is 5.02 Å². The van der Waals surface area contributed by atoms with E-state index < -0.39 is 64.8 Å². The number of amides is 2. The molecule has 1 aliphatic heterocycles. The van der Waals surface area contributed by atoms with Gasteiger partial charge in [-0.2, -0.15) is 0 Å². The van der Waals surface area contributed by atoms with Gasteiger partial charge in [0.05, 0.1) is 29.0 Å². The third kappa shape index (κ3) is 13.0. The van der Waals surface area contributed by atoms with Crippen LogP contribution in [0.3, 0.4) is 0 Å². The first-order chi connectivity index (χ1) is 25.5. The van der Waals surface area contributed by atoms with Gasteiger partial charge in [-0.05, 0) is 74.2 Å². The highest BCUT2D eigenvalue weighted by Gasteiger charge is 2.38. The molecule has 0 saturated carbocycles. The fraction of sp³-hybridized carbons (Fsp3) is 0.561. The summed E-state index contributed by atoms with van der Waals surface area (Å²) in [5.74, 6) is -2.90. The van der Waals surface area contributed by atoms with Crippen LogP contribution in [0.4, 0.5) is 0 Å². The van der Waals surface area contributed by atoms with Crippen molar-refractivity contribution in [2.24, 2.45) is 17.3 Å². The van der Waals surface area contributed by atoms with Gasteiger partial charge in [-0.25, -0.2) is 4.79 Å². The third-order valence-electron chi connectivity index (χ3n) is 9.67. The second-order valence-electron chi connectivity index (χ2n) is 14.9. The van der Waals surface area contributed by atoms with Crippen molar-refractivity contribution in [3.63, 3.8) is 0 Å². The second kappa shape index (κ2) is 20.9. The fourth-order valence-electron chi connectivity index (χ4n) is 6.01. The summed E-state index contributed by atoms with van der Waals surface area (Å²) in [7, 11) is 1.49. The molecule has 2 aromatic rings. The number of nitrogens with one attached hydrogen (secondary N) is 2. The van der Waals surface area contributed by atoms with Crippen LogP contribution in [0.1, 0.15) is 83.4 Å². The van der Waals surface area contributed by atoms with Crippen molar-refractivity contribution in [2.75, 3.05) is 26.7 Å². The number of carbonyl (C=O) groups is 4. The minimum atomic E-state index is -1.25. The molecule has 13 heteroatoms. The zero-order valence-electron chi connectivity index (χ0n) is 32.7. The molecule has 6 atom stereocenters. The number of aliphatic hydroxyl groups is 1. The fourth-order valence-corrected chi connectivity index (χ4v) is 6.67. The Morgan fingerprint density at radius 1 is 1.00 bits per heavy atom.